The van der Waals surface area contributed by atoms with Crippen molar-refractivity contribution in [2.45, 2.75) is 31.7 Å². The summed E-state index contributed by atoms with van der Waals surface area (Å²) < 4.78 is 0. The maximum atomic E-state index is 14.2. The Bertz CT molecular complexity index is 2010. The molecule has 11 nitrogen and oxygen atoms in total. The molecule has 4 amide bonds. The van der Waals surface area contributed by atoms with Crippen molar-refractivity contribution < 1.29 is 19.2 Å². The minimum atomic E-state index is -0.728. The Kier molecular flexibility index (Phi) is 9.58. The van der Waals surface area contributed by atoms with E-state index in [1.165, 1.54) is 0 Å². The second-order valence-electron chi connectivity index (χ2n) is 13.4. The van der Waals surface area contributed by atoms with E-state index < -0.39 is 12.0 Å². The average Bonchev–Trinajstić information content (AvgIpc) is 3.87. The molecule has 2 aliphatic rings. The van der Waals surface area contributed by atoms with Gasteiger partial charge in [-0.3, -0.25) is 19.2 Å². The first-order chi connectivity index (χ1) is 24.3. The van der Waals surface area contributed by atoms with Crippen LogP contribution in [0.15, 0.2) is 79.0 Å². The Hall–Kier alpha value is -5.16. The lowest BCUT2D eigenvalue weighted by atomic mass is 9.79. The molecule has 2 aromatic heterocycles. The number of H-pyrrole nitrogens is 2. The molecule has 4 atom stereocenters. The van der Waals surface area contributed by atoms with Gasteiger partial charge in [0.05, 0.1) is 23.4 Å². The predicted molar refractivity (Wildman–Crippen MR) is 191 cm³/mol. The summed E-state index contributed by atoms with van der Waals surface area (Å²) in [5.74, 6) is -1.60. The molecule has 0 spiro atoms. The third-order valence-corrected chi connectivity index (χ3v) is 10.4. The van der Waals surface area contributed by atoms with Crippen molar-refractivity contribution in [3.05, 3.63) is 101 Å². The van der Waals surface area contributed by atoms with Gasteiger partial charge < -0.3 is 30.4 Å². The predicted octanol–water partition coefficient (Wildman–Crippen LogP) is 4.34. The SMILES string of the molecule is CNC(=O)[C@H](CCCc1ccccc1)NC(=O)C1CN(C(=O)Cc2c[nH]c3cc(Cl)ccc23)CC2CN(C(=O)c3nc4ccccc4[nH]3)CC21. The van der Waals surface area contributed by atoms with Crippen LogP contribution >= 0.6 is 11.6 Å². The number of carbonyl (C=O) groups is 4. The monoisotopic (exact) mass is 693 g/mol. The summed E-state index contributed by atoms with van der Waals surface area (Å²) in [6, 6.07) is 22.3. The number of hydrogen-bond acceptors (Lipinski definition) is 5. The fourth-order valence-corrected chi connectivity index (χ4v) is 7.75. The second-order valence-corrected chi connectivity index (χ2v) is 13.8. The van der Waals surface area contributed by atoms with Crippen molar-refractivity contribution in [2.24, 2.45) is 17.8 Å². The van der Waals surface area contributed by atoms with Gasteiger partial charge in [-0.1, -0.05) is 60.1 Å². The molecule has 258 valence electrons. The van der Waals surface area contributed by atoms with E-state index in [-0.39, 0.29) is 54.3 Å². The zero-order valence-corrected chi connectivity index (χ0v) is 28.6. The van der Waals surface area contributed by atoms with Crippen molar-refractivity contribution in [2.75, 3.05) is 33.2 Å². The number of aromatic nitrogens is 3. The summed E-state index contributed by atoms with van der Waals surface area (Å²) in [6.07, 6.45) is 3.92. The summed E-state index contributed by atoms with van der Waals surface area (Å²) in [5.41, 5.74) is 4.33. The maximum Gasteiger partial charge on any atom is 0.289 e. The molecule has 4 N–H and O–H groups in total. The molecule has 2 aliphatic heterocycles. The van der Waals surface area contributed by atoms with Gasteiger partial charge in [0.15, 0.2) is 5.82 Å². The maximum absolute atomic E-state index is 14.2. The van der Waals surface area contributed by atoms with E-state index in [0.717, 1.165) is 34.0 Å². The molecule has 0 bridgehead atoms. The number of nitrogens with one attached hydrogen (secondary N) is 4. The number of rotatable bonds is 10. The average molecular weight is 694 g/mol. The largest absolute Gasteiger partial charge is 0.361 e. The molecule has 0 aliphatic carbocycles. The van der Waals surface area contributed by atoms with Crippen molar-refractivity contribution in [1.29, 1.82) is 0 Å². The molecule has 7 rings (SSSR count). The number of aryl methyl sites for hydroxylation is 1. The highest BCUT2D eigenvalue weighted by Crippen LogP contribution is 2.37. The van der Waals surface area contributed by atoms with Crippen LogP contribution in [0.25, 0.3) is 21.9 Å². The first-order valence-corrected chi connectivity index (χ1v) is 17.5. The zero-order valence-electron chi connectivity index (χ0n) is 27.8. The lowest BCUT2D eigenvalue weighted by molar-refractivity contribution is -0.140. The van der Waals surface area contributed by atoms with Crippen LogP contribution in [0.5, 0.6) is 0 Å². The number of aromatic amines is 2. The summed E-state index contributed by atoms with van der Waals surface area (Å²) in [7, 11) is 1.56. The fraction of sp³-hybridized carbons (Fsp3) is 0.342. The van der Waals surface area contributed by atoms with Gasteiger partial charge >= 0.3 is 0 Å². The number of amides is 4. The van der Waals surface area contributed by atoms with Gasteiger partial charge in [-0.05, 0) is 66.5 Å². The Balaban J connectivity index is 1.11. The summed E-state index contributed by atoms with van der Waals surface area (Å²) in [6.45, 7) is 1.34. The highest BCUT2D eigenvalue weighted by molar-refractivity contribution is 6.31. The highest BCUT2D eigenvalue weighted by atomic mass is 35.5. The van der Waals surface area contributed by atoms with Gasteiger partial charge in [0.25, 0.3) is 5.91 Å². The van der Waals surface area contributed by atoms with Gasteiger partial charge in [0.1, 0.15) is 6.04 Å². The van der Waals surface area contributed by atoms with E-state index in [2.05, 4.69) is 25.6 Å². The number of likely N-dealkylation sites (N-methyl/N-ethyl adjacent to an activating group) is 1. The van der Waals surface area contributed by atoms with Crippen LogP contribution in [0.2, 0.25) is 5.02 Å². The van der Waals surface area contributed by atoms with Gasteiger partial charge in [0, 0.05) is 55.3 Å². The molecule has 0 saturated carbocycles. The number of fused-ring (bicyclic) bond motifs is 3. The molecule has 5 aromatic rings. The summed E-state index contributed by atoms with van der Waals surface area (Å²) in [5, 5.41) is 7.25. The molecule has 50 heavy (non-hydrogen) atoms. The van der Waals surface area contributed by atoms with Crippen molar-refractivity contribution in [3.63, 3.8) is 0 Å². The molecule has 4 heterocycles. The van der Waals surface area contributed by atoms with Crippen LogP contribution in [0, 0.1) is 17.8 Å². The topological polar surface area (TPSA) is 143 Å². The number of benzene rings is 3. The van der Waals surface area contributed by atoms with Gasteiger partial charge in [-0.25, -0.2) is 4.98 Å². The molecule has 0 radical (unpaired) electrons. The smallest absolute Gasteiger partial charge is 0.289 e. The number of piperidine rings is 1. The van der Waals surface area contributed by atoms with E-state index in [9.17, 15) is 19.2 Å². The molecular formula is C38H40ClN7O4. The van der Waals surface area contributed by atoms with Crippen molar-refractivity contribution in [3.8, 4) is 0 Å². The van der Waals surface area contributed by atoms with E-state index in [4.69, 9.17) is 11.6 Å². The molecule has 2 saturated heterocycles. The third kappa shape index (κ3) is 6.96. The van der Waals surface area contributed by atoms with E-state index in [0.29, 0.717) is 43.0 Å². The molecule has 3 unspecified atom stereocenters. The minimum Gasteiger partial charge on any atom is -0.361 e. The van der Waals surface area contributed by atoms with Gasteiger partial charge in [-0.2, -0.15) is 0 Å². The highest BCUT2D eigenvalue weighted by Gasteiger charge is 2.48. The number of carbonyl (C=O) groups excluding carboxylic acids is 4. The van der Waals surface area contributed by atoms with Crippen LogP contribution in [0.1, 0.15) is 34.6 Å². The van der Waals surface area contributed by atoms with Gasteiger partial charge in [0.2, 0.25) is 17.7 Å². The molecule has 2 fully saturated rings. The van der Waals surface area contributed by atoms with E-state index in [1.54, 1.807) is 22.9 Å². The number of hydrogen-bond donors (Lipinski definition) is 4. The Morgan fingerprint density at radius 3 is 2.52 bits per heavy atom. The third-order valence-electron chi connectivity index (χ3n) is 10.2. The van der Waals surface area contributed by atoms with Crippen molar-refractivity contribution in [1.82, 2.24) is 35.4 Å². The summed E-state index contributed by atoms with van der Waals surface area (Å²) >= 11 is 6.18. The van der Waals surface area contributed by atoms with Crippen LogP contribution in [-0.2, 0) is 27.2 Å². The zero-order chi connectivity index (χ0) is 34.8. The molecular weight excluding hydrogens is 654 g/mol. The van der Waals surface area contributed by atoms with Gasteiger partial charge in [-0.15, -0.1) is 0 Å². The normalized spacial score (nSPS) is 19.4. The number of nitrogens with zero attached hydrogens (tertiary/aromatic N) is 3. The first kappa shape index (κ1) is 33.3. The standard InChI is InChI=1S/C38H40ClN7O4/c1-40-37(49)32(13-7-10-23-8-3-2-4-9-23)44-36(48)29-22-45(34(47)16-24-18-41-33-17-26(39)14-15-27(24)33)19-25-20-46(21-28(25)29)38(50)35-42-30-11-5-6-12-31(30)43-35/h2-6,8-9,11-12,14-15,17-18,25,28-29,32,41H,7,10,13,16,19-22H2,1H3,(H,40,49)(H,42,43)(H,44,48)/t25?,28?,29?,32-/m0/s1. The Morgan fingerprint density at radius 2 is 1.72 bits per heavy atom. The quantitative estimate of drug-likeness (QED) is 0.172. The van der Waals surface area contributed by atoms with E-state index in [1.807, 2.05) is 72.9 Å². The number of para-hydroxylation sites is 2. The number of halogens is 1. The minimum absolute atomic E-state index is 0.107. The van der Waals surface area contributed by atoms with Crippen LogP contribution in [0.3, 0.4) is 0 Å². The second kappa shape index (κ2) is 14.4. The molecule has 3 aromatic carbocycles. The lowest BCUT2D eigenvalue weighted by Gasteiger charge is -2.40. The molecule has 12 heteroatoms. The Morgan fingerprint density at radius 1 is 0.940 bits per heavy atom. The number of likely N-dealkylation sites (tertiary alicyclic amines) is 2. The van der Waals surface area contributed by atoms with Crippen LogP contribution < -0.4 is 10.6 Å². The summed E-state index contributed by atoms with van der Waals surface area (Å²) in [4.78, 5) is 69.2. The Labute approximate surface area is 294 Å². The lowest BCUT2D eigenvalue weighted by Crippen LogP contribution is -2.56. The van der Waals surface area contributed by atoms with Crippen LogP contribution in [-0.4, -0.2) is 87.6 Å². The van der Waals surface area contributed by atoms with Crippen LogP contribution in [0.4, 0.5) is 0 Å². The first-order valence-electron chi connectivity index (χ1n) is 17.1. The van der Waals surface area contributed by atoms with E-state index >= 15 is 0 Å². The fourth-order valence-electron chi connectivity index (χ4n) is 7.58. The number of imidazole rings is 1. The van der Waals surface area contributed by atoms with Crippen molar-refractivity contribution >= 4 is 57.2 Å².